The minimum atomic E-state index is -0.0168. The molecule has 2 unspecified atom stereocenters. The average molecular weight is 229 g/mol. The molecule has 0 bridgehead atoms. The van der Waals surface area contributed by atoms with Crippen LogP contribution in [-0.4, -0.2) is 24.0 Å². The van der Waals surface area contributed by atoms with Gasteiger partial charge < -0.3 is 5.73 Å². The number of hydrogen-bond donors (Lipinski definition) is 1. The van der Waals surface area contributed by atoms with Gasteiger partial charge in [-0.05, 0) is 24.0 Å². The van der Waals surface area contributed by atoms with Crippen LogP contribution < -0.4 is 5.73 Å². The molecular weight excluding hydrogens is 210 g/mol. The average Bonchev–Trinajstić information content (AvgIpc) is 2.39. The summed E-state index contributed by atoms with van der Waals surface area (Å²) in [6, 6.07) is 11.0. The molecule has 0 radical (unpaired) electrons. The van der Waals surface area contributed by atoms with Crippen molar-refractivity contribution in [1.82, 2.24) is 4.90 Å². The zero-order chi connectivity index (χ0) is 12.3. The fourth-order valence-corrected chi connectivity index (χ4v) is 2.71. The maximum Gasteiger partial charge on any atom is 0.0980 e. The number of nitrogens with zero attached hydrogens (tertiary/aromatic N) is 2. The van der Waals surface area contributed by atoms with Crippen molar-refractivity contribution in [2.75, 3.05) is 13.1 Å². The highest BCUT2D eigenvalue weighted by molar-refractivity contribution is 5.33. The van der Waals surface area contributed by atoms with Gasteiger partial charge >= 0.3 is 0 Å². The molecule has 17 heavy (non-hydrogen) atoms. The Morgan fingerprint density at radius 3 is 2.94 bits per heavy atom. The van der Waals surface area contributed by atoms with Crippen LogP contribution in [0.1, 0.15) is 30.5 Å². The van der Waals surface area contributed by atoms with Gasteiger partial charge in [-0.25, -0.2) is 0 Å². The topological polar surface area (TPSA) is 53.0 Å². The van der Waals surface area contributed by atoms with Crippen molar-refractivity contribution in [2.24, 2.45) is 5.73 Å². The number of fused-ring (bicyclic) bond motifs is 1. The van der Waals surface area contributed by atoms with E-state index in [9.17, 15) is 5.26 Å². The Labute approximate surface area is 103 Å². The summed E-state index contributed by atoms with van der Waals surface area (Å²) in [7, 11) is 0. The molecule has 0 aliphatic carbocycles. The Hall–Kier alpha value is -1.37. The number of nitriles is 1. The summed E-state index contributed by atoms with van der Waals surface area (Å²) in [5.74, 6) is 0. The van der Waals surface area contributed by atoms with Gasteiger partial charge in [-0.15, -0.1) is 0 Å². The second-order valence-corrected chi connectivity index (χ2v) is 4.49. The van der Waals surface area contributed by atoms with E-state index in [4.69, 9.17) is 5.73 Å². The van der Waals surface area contributed by atoms with E-state index < -0.39 is 0 Å². The molecule has 3 nitrogen and oxygen atoms in total. The van der Waals surface area contributed by atoms with Gasteiger partial charge in [0, 0.05) is 19.1 Å². The highest BCUT2D eigenvalue weighted by atomic mass is 15.2. The van der Waals surface area contributed by atoms with Crippen LogP contribution in [0.15, 0.2) is 24.3 Å². The molecule has 2 N–H and O–H groups in total. The van der Waals surface area contributed by atoms with Crippen LogP contribution in [0.4, 0.5) is 0 Å². The monoisotopic (exact) mass is 229 g/mol. The van der Waals surface area contributed by atoms with Crippen LogP contribution in [0.5, 0.6) is 0 Å². The number of rotatable bonds is 3. The van der Waals surface area contributed by atoms with Crippen LogP contribution in [-0.2, 0) is 6.42 Å². The summed E-state index contributed by atoms with van der Waals surface area (Å²) in [6.45, 7) is 3.57. The van der Waals surface area contributed by atoms with E-state index in [2.05, 4.69) is 42.2 Å². The molecular formula is C14H19N3. The third kappa shape index (κ3) is 2.19. The lowest BCUT2D eigenvalue weighted by Crippen LogP contribution is -2.44. The SMILES string of the molecule is CCC(C#N)N1CCc2ccccc2C1CN. The van der Waals surface area contributed by atoms with E-state index in [1.807, 2.05) is 0 Å². The van der Waals surface area contributed by atoms with E-state index >= 15 is 0 Å². The quantitative estimate of drug-likeness (QED) is 0.860. The fourth-order valence-electron chi connectivity index (χ4n) is 2.71. The fraction of sp³-hybridized carbons (Fsp3) is 0.500. The van der Waals surface area contributed by atoms with Crippen LogP contribution in [0.3, 0.4) is 0 Å². The normalized spacial score (nSPS) is 21.6. The molecule has 1 aromatic rings. The van der Waals surface area contributed by atoms with Crippen molar-refractivity contribution in [2.45, 2.75) is 31.8 Å². The van der Waals surface area contributed by atoms with E-state index in [1.54, 1.807) is 0 Å². The van der Waals surface area contributed by atoms with Gasteiger partial charge in [0.2, 0.25) is 0 Å². The van der Waals surface area contributed by atoms with Crippen LogP contribution >= 0.6 is 0 Å². The molecule has 2 rings (SSSR count). The molecule has 2 atom stereocenters. The summed E-state index contributed by atoms with van der Waals surface area (Å²) >= 11 is 0. The molecule has 0 saturated heterocycles. The Kier molecular flexibility index (Phi) is 3.78. The lowest BCUT2D eigenvalue weighted by atomic mass is 9.91. The molecule has 0 amide bonds. The largest absolute Gasteiger partial charge is 0.329 e. The summed E-state index contributed by atoms with van der Waals surface area (Å²) in [6.07, 6.45) is 1.88. The Balaban J connectivity index is 2.32. The van der Waals surface area contributed by atoms with Crippen LogP contribution in [0, 0.1) is 11.3 Å². The Bertz CT molecular complexity index is 422. The summed E-state index contributed by atoms with van der Waals surface area (Å²) < 4.78 is 0. The van der Waals surface area contributed by atoms with Crippen molar-refractivity contribution in [1.29, 1.82) is 5.26 Å². The van der Waals surface area contributed by atoms with E-state index in [0.29, 0.717) is 6.54 Å². The van der Waals surface area contributed by atoms with Gasteiger partial charge in [-0.3, -0.25) is 4.90 Å². The standard InChI is InChI=1S/C14H19N3/c1-2-12(9-15)17-8-7-11-5-3-4-6-13(11)14(17)10-16/h3-6,12,14H,2,7-8,10,16H2,1H3. The first kappa shape index (κ1) is 12.1. The molecule has 0 spiro atoms. The molecule has 1 aliphatic rings. The maximum atomic E-state index is 9.21. The summed E-state index contributed by atoms with van der Waals surface area (Å²) in [4.78, 5) is 2.25. The second-order valence-electron chi connectivity index (χ2n) is 4.49. The smallest absolute Gasteiger partial charge is 0.0980 e. The zero-order valence-corrected chi connectivity index (χ0v) is 10.3. The molecule has 90 valence electrons. The molecule has 1 aromatic carbocycles. The summed E-state index contributed by atoms with van der Waals surface area (Å²) in [5, 5.41) is 9.21. The van der Waals surface area contributed by atoms with Crippen molar-refractivity contribution in [3.63, 3.8) is 0 Å². The van der Waals surface area contributed by atoms with Crippen molar-refractivity contribution < 1.29 is 0 Å². The molecule has 0 aromatic heterocycles. The number of nitrogens with two attached hydrogens (primary N) is 1. The zero-order valence-electron chi connectivity index (χ0n) is 10.3. The Morgan fingerprint density at radius 2 is 2.29 bits per heavy atom. The van der Waals surface area contributed by atoms with Gasteiger partial charge in [0.05, 0.1) is 12.1 Å². The van der Waals surface area contributed by atoms with Crippen molar-refractivity contribution >= 4 is 0 Å². The minimum Gasteiger partial charge on any atom is -0.329 e. The highest BCUT2D eigenvalue weighted by Gasteiger charge is 2.30. The highest BCUT2D eigenvalue weighted by Crippen LogP contribution is 2.30. The predicted octanol–water partition coefficient (Wildman–Crippen LogP) is 1.85. The minimum absolute atomic E-state index is 0.0168. The molecule has 1 aliphatic heterocycles. The first-order valence-corrected chi connectivity index (χ1v) is 6.25. The van der Waals surface area contributed by atoms with E-state index in [0.717, 1.165) is 19.4 Å². The van der Waals surface area contributed by atoms with Gasteiger partial charge in [0.15, 0.2) is 0 Å². The second kappa shape index (κ2) is 5.31. The van der Waals surface area contributed by atoms with Crippen LogP contribution in [0.2, 0.25) is 0 Å². The third-order valence-corrected chi connectivity index (χ3v) is 3.61. The Morgan fingerprint density at radius 1 is 1.53 bits per heavy atom. The number of benzene rings is 1. The first-order valence-electron chi connectivity index (χ1n) is 6.25. The van der Waals surface area contributed by atoms with Gasteiger partial charge in [0.1, 0.15) is 0 Å². The maximum absolute atomic E-state index is 9.21. The lowest BCUT2D eigenvalue weighted by molar-refractivity contribution is 0.153. The molecule has 1 heterocycles. The van der Waals surface area contributed by atoms with Crippen molar-refractivity contribution in [3.05, 3.63) is 35.4 Å². The van der Waals surface area contributed by atoms with Gasteiger partial charge in [0.25, 0.3) is 0 Å². The predicted molar refractivity (Wildman–Crippen MR) is 68.3 cm³/mol. The van der Waals surface area contributed by atoms with E-state index in [-0.39, 0.29) is 12.1 Å². The molecule has 0 saturated carbocycles. The van der Waals surface area contributed by atoms with Gasteiger partial charge in [-0.1, -0.05) is 31.2 Å². The first-order chi connectivity index (χ1) is 8.31. The molecule has 3 heteroatoms. The molecule has 0 fully saturated rings. The third-order valence-electron chi connectivity index (χ3n) is 3.61. The lowest BCUT2D eigenvalue weighted by Gasteiger charge is -2.39. The van der Waals surface area contributed by atoms with Gasteiger partial charge in [-0.2, -0.15) is 5.26 Å². The number of hydrogen-bond acceptors (Lipinski definition) is 3. The summed E-state index contributed by atoms with van der Waals surface area (Å²) in [5.41, 5.74) is 8.59. The van der Waals surface area contributed by atoms with E-state index in [1.165, 1.54) is 11.1 Å². The van der Waals surface area contributed by atoms with Crippen LogP contribution in [0.25, 0.3) is 0 Å². The van der Waals surface area contributed by atoms with Crippen molar-refractivity contribution in [3.8, 4) is 6.07 Å².